The standard InChI is InChI=1S/C30H38N6O5/c1-2-3-4-5-8-26(30(29(31)38)40-20-21-41-30)33-28(37)24-7-6-14-32-27(24)36-15-13-25(34-36)22-9-11-23(12-10-22)35-16-18-39-19-17-35/h6-7,9-15,26H,2-5,8,16-21H2,1H3,(H2,31,38)(H,33,37). The Morgan fingerprint density at radius 2 is 1.78 bits per heavy atom. The maximum atomic E-state index is 13.7. The highest BCUT2D eigenvalue weighted by molar-refractivity contribution is 5.98. The fraction of sp³-hybridized carbons (Fsp3) is 0.467. The first kappa shape index (κ1) is 28.7. The fourth-order valence-electron chi connectivity index (χ4n) is 5.33. The molecule has 0 bridgehead atoms. The van der Waals surface area contributed by atoms with Crippen molar-refractivity contribution in [1.82, 2.24) is 20.1 Å². The van der Waals surface area contributed by atoms with Gasteiger partial charge in [-0.1, -0.05) is 44.7 Å². The second-order valence-corrected chi connectivity index (χ2v) is 10.3. The second kappa shape index (κ2) is 13.2. The Morgan fingerprint density at radius 1 is 1.02 bits per heavy atom. The van der Waals surface area contributed by atoms with Gasteiger partial charge in [-0.15, -0.1) is 0 Å². The molecule has 1 aromatic carbocycles. The number of amides is 2. The number of nitrogens with zero attached hydrogens (tertiary/aromatic N) is 4. The number of anilines is 1. The Kier molecular flexibility index (Phi) is 9.28. The number of hydrogen-bond acceptors (Lipinski definition) is 8. The van der Waals surface area contributed by atoms with Gasteiger partial charge in [-0.05, 0) is 36.8 Å². The van der Waals surface area contributed by atoms with Crippen LogP contribution in [0.15, 0.2) is 54.9 Å². The van der Waals surface area contributed by atoms with E-state index in [4.69, 9.17) is 25.0 Å². The van der Waals surface area contributed by atoms with Crippen molar-refractivity contribution in [1.29, 1.82) is 0 Å². The Balaban J connectivity index is 1.35. The van der Waals surface area contributed by atoms with Gasteiger partial charge in [0.1, 0.15) is 0 Å². The van der Waals surface area contributed by atoms with Crippen molar-refractivity contribution in [3.63, 3.8) is 0 Å². The van der Waals surface area contributed by atoms with Crippen LogP contribution in [0, 0.1) is 0 Å². The smallest absolute Gasteiger partial charge is 0.280 e. The molecule has 0 saturated carbocycles. The molecule has 0 aliphatic carbocycles. The maximum Gasteiger partial charge on any atom is 0.280 e. The first-order valence-electron chi connectivity index (χ1n) is 14.3. The summed E-state index contributed by atoms with van der Waals surface area (Å²) < 4.78 is 18.5. The number of aromatic nitrogens is 3. The Hall–Kier alpha value is -3.80. The van der Waals surface area contributed by atoms with Crippen LogP contribution in [0.2, 0.25) is 0 Å². The molecule has 2 fully saturated rings. The van der Waals surface area contributed by atoms with Crippen LogP contribution in [0.3, 0.4) is 0 Å². The van der Waals surface area contributed by atoms with Crippen molar-refractivity contribution in [2.45, 2.75) is 50.9 Å². The molecule has 218 valence electrons. The van der Waals surface area contributed by atoms with Crippen LogP contribution in [-0.4, -0.2) is 77.9 Å². The van der Waals surface area contributed by atoms with Gasteiger partial charge >= 0.3 is 0 Å². The molecule has 5 rings (SSSR count). The minimum atomic E-state index is -1.70. The number of primary amides is 1. The van der Waals surface area contributed by atoms with Crippen molar-refractivity contribution in [3.05, 3.63) is 60.4 Å². The number of hydrogen-bond donors (Lipinski definition) is 2. The number of nitrogens with two attached hydrogens (primary N) is 1. The van der Waals surface area contributed by atoms with Gasteiger partial charge in [0.2, 0.25) is 0 Å². The normalized spacial score (nSPS) is 17.3. The average molecular weight is 563 g/mol. The topological polar surface area (TPSA) is 134 Å². The number of pyridine rings is 1. The lowest BCUT2D eigenvalue weighted by Crippen LogP contribution is -2.60. The first-order chi connectivity index (χ1) is 20.0. The van der Waals surface area contributed by atoms with E-state index in [9.17, 15) is 9.59 Å². The minimum Gasteiger partial charge on any atom is -0.378 e. The minimum absolute atomic E-state index is 0.228. The van der Waals surface area contributed by atoms with Crippen molar-refractivity contribution < 1.29 is 23.8 Å². The molecular formula is C30H38N6O5. The molecular weight excluding hydrogens is 524 g/mol. The zero-order chi connectivity index (χ0) is 28.7. The van der Waals surface area contributed by atoms with E-state index in [1.54, 1.807) is 29.2 Å². The zero-order valence-electron chi connectivity index (χ0n) is 23.5. The lowest BCUT2D eigenvalue weighted by Gasteiger charge is -2.33. The molecule has 11 heteroatoms. The SMILES string of the molecule is CCCCCCC(NC(=O)c1cccnc1-n1ccc(-c2ccc(N3CCOCC3)cc2)n1)C1(C(N)=O)OCCO1. The van der Waals surface area contributed by atoms with Gasteiger partial charge in [0.15, 0.2) is 5.82 Å². The summed E-state index contributed by atoms with van der Waals surface area (Å²) in [6, 6.07) is 12.8. The van der Waals surface area contributed by atoms with Crippen LogP contribution < -0.4 is 16.0 Å². The molecule has 0 spiro atoms. The van der Waals surface area contributed by atoms with E-state index in [-0.39, 0.29) is 13.2 Å². The summed E-state index contributed by atoms with van der Waals surface area (Å²) in [6.45, 7) is 5.79. The predicted molar refractivity (Wildman–Crippen MR) is 154 cm³/mol. The molecule has 3 aromatic rings. The Morgan fingerprint density at radius 3 is 2.49 bits per heavy atom. The molecule has 1 atom stereocenters. The van der Waals surface area contributed by atoms with Gasteiger partial charge in [-0.3, -0.25) is 9.59 Å². The van der Waals surface area contributed by atoms with Gasteiger partial charge in [0.05, 0.1) is 43.7 Å². The number of morpholine rings is 1. The van der Waals surface area contributed by atoms with E-state index >= 15 is 0 Å². The van der Waals surface area contributed by atoms with E-state index < -0.39 is 23.6 Å². The van der Waals surface area contributed by atoms with Gasteiger partial charge in [0.25, 0.3) is 17.6 Å². The van der Waals surface area contributed by atoms with Crippen LogP contribution in [0.1, 0.15) is 49.4 Å². The summed E-state index contributed by atoms with van der Waals surface area (Å²) in [5.74, 6) is -2.50. The fourth-order valence-corrected chi connectivity index (χ4v) is 5.33. The predicted octanol–water partition coefficient (Wildman–Crippen LogP) is 3.07. The summed E-state index contributed by atoms with van der Waals surface area (Å²) >= 11 is 0. The second-order valence-electron chi connectivity index (χ2n) is 10.3. The first-order valence-corrected chi connectivity index (χ1v) is 14.3. The number of rotatable bonds is 12. The third-order valence-corrected chi connectivity index (χ3v) is 7.55. The molecule has 2 aromatic heterocycles. The highest BCUT2D eigenvalue weighted by Gasteiger charge is 2.50. The quantitative estimate of drug-likeness (QED) is 0.322. The molecule has 2 amide bonds. The lowest BCUT2D eigenvalue weighted by atomic mass is 9.98. The summed E-state index contributed by atoms with van der Waals surface area (Å²) in [5, 5.41) is 7.70. The summed E-state index contributed by atoms with van der Waals surface area (Å²) in [5.41, 5.74) is 8.89. The molecule has 11 nitrogen and oxygen atoms in total. The third kappa shape index (κ3) is 6.42. The van der Waals surface area contributed by atoms with Crippen LogP contribution in [0.4, 0.5) is 5.69 Å². The number of nitrogens with one attached hydrogen (secondary N) is 1. The van der Waals surface area contributed by atoms with Crippen molar-refractivity contribution in [2.24, 2.45) is 5.73 Å². The molecule has 2 saturated heterocycles. The number of ether oxygens (including phenoxy) is 3. The number of unbranched alkanes of at least 4 members (excludes halogenated alkanes) is 3. The Bertz CT molecular complexity index is 1310. The largest absolute Gasteiger partial charge is 0.378 e. The highest BCUT2D eigenvalue weighted by Crippen LogP contribution is 2.28. The molecule has 1 unspecified atom stereocenters. The Labute approximate surface area is 240 Å². The van der Waals surface area contributed by atoms with E-state index in [1.165, 1.54) is 0 Å². The third-order valence-electron chi connectivity index (χ3n) is 7.55. The van der Waals surface area contributed by atoms with Crippen LogP contribution >= 0.6 is 0 Å². The molecule has 2 aliphatic heterocycles. The van der Waals surface area contributed by atoms with E-state index in [2.05, 4.69) is 34.3 Å². The van der Waals surface area contributed by atoms with E-state index in [0.717, 1.165) is 68.9 Å². The average Bonchev–Trinajstić information content (AvgIpc) is 3.71. The zero-order valence-corrected chi connectivity index (χ0v) is 23.5. The number of carbonyl (C=O) groups excluding carboxylic acids is 2. The number of benzene rings is 1. The lowest BCUT2D eigenvalue weighted by molar-refractivity contribution is -0.190. The summed E-state index contributed by atoms with van der Waals surface area (Å²) in [7, 11) is 0. The highest BCUT2D eigenvalue weighted by atomic mass is 16.7. The maximum absolute atomic E-state index is 13.7. The van der Waals surface area contributed by atoms with Crippen molar-refractivity contribution in [2.75, 3.05) is 44.4 Å². The monoisotopic (exact) mass is 562 g/mol. The summed E-state index contributed by atoms with van der Waals surface area (Å²) in [4.78, 5) is 32.9. The molecule has 0 radical (unpaired) electrons. The summed E-state index contributed by atoms with van der Waals surface area (Å²) in [6.07, 6.45) is 7.73. The van der Waals surface area contributed by atoms with Gasteiger partial charge < -0.3 is 30.2 Å². The number of carbonyl (C=O) groups is 2. The van der Waals surface area contributed by atoms with Crippen molar-refractivity contribution >= 4 is 17.5 Å². The van der Waals surface area contributed by atoms with Gasteiger partial charge in [-0.2, -0.15) is 5.10 Å². The van der Waals surface area contributed by atoms with Crippen LogP contribution in [-0.2, 0) is 19.0 Å². The van der Waals surface area contributed by atoms with E-state index in [1.807, 2.05) is 18.2 Å². The van der Waals surface area contributed by atoms with Gasteiger partial charge in [0, 0.05) is 36.7 Å². The molecule has 41 heavy (non-hydrogen) atoms. The van der Waals surface area contributed by atoms with Gasteiger partial charge in [-0.25, -0.2) is 9.67 Å². The van der Waals surface area contributed by atoms with E-state index in [0.29, 0.717) is 17.8 Å². The molecule has 4 heterocycles. The van der Waals surface area contributed by atoms with Crippen molar-refractivity contribution in [3.8, 4) is 17.1 Å². The molecule has 2 aliphatic rings. The van der Waals surface area contributed by atoms with Crippen LogP contribution in [0.25, 0.3) is 17.1 Å². The van der Waals surface area contributed by atoms with Crippen LogP contribution in [0.5, 0.6) is 0 Å². The molecule has 3 N–H and O–H groups in total.